The Morgan fingerprint density at radius 2 is 1.44 bits per heavy atom. The summed E-state index contributed by atoms with van der Waals surface area (Å²) in [6.45, 7) is 10.9. The van der Waals surface area contributed by atoms with Gasteiger partial charge in [-0.1, -0.05) is 34.6 Å². The van der Waals surface area contributed by atoms with Crippen molar-refractivity contribution in [2.24, 2.45) is 23.7 Å². The minimum atomic E-state index is -0.265. The van der Waals surface area contributed by atoms with Gasteiger partial charge in [0.05, 0.1) is 6.10 Å². The zero-order chi connectivity index (χ0) is 12.7. The van der Waals surface area contributed by atoms with E-state index in [4.69, 9.17) is 0 Å². The number of aliphatic hydroxyl groups excluding tert-OH is 2. The predicted molar refractivity (Wildman–Crippen MR) is 69.3 cm³/mol. The fraction of sp³-hybridized carbons (Fsp3) is 1.00. The van der Waals surface area contributed by atoms with Gasteiger partial charge >= 0.3 is 0 Å². The summed E-state index contributed by atoms with van der Waals surface area (Å²) in [6.07, 6.45) is 2.53. The molecule has 2 N–H and O–H groups in total. The summed E-state index contributed by atoms with van der Waals surface area (Å²) in [5, 5.41) is 19.6. The van der Waals surface area contributed by atoms with Crippen LogP contribution in [0.3, 0.4) is 0 Å². The minimum Gasteiger partial charge on any atom is -0.396 e. The molecule has 0 spiro atoms. The molecule has 0 amide bonds. The molecular weight excluding hydrogens is 200 g/mol. The molecule has 3 unspecified atom stereocenters. The van der Waals surface area contributed by atoms with E-state index in [-0.39, 0.29) is 24.5 Å². The molecule has 0 aromatic carbocycles. The Hall–Kier alpha value is -0.0800. The quantitative estimate of drug-likeness (QED) is 0.673. The van der Waals surface area contributed by atoms with Crippen molar-refractivity contribution in [2.75, 3.05) is 6.61 Å². The third kappa shape index (κ3) is 5.86. The number of rotatable bonds is 8. The van der Waals surface area contributed by atoms with Crippen LogP contribution in [0, 0.1) is 23.7 Å². The van der Waals surface area contributed by atoms with Gasteiger partial charge < -0.3 is 10.2 Å². The van der Waals surface area contributed by atoms with E-state index >= 15 is 0 Å². The van der Waals surface area contributed by atoms with E-state index in [9.17, 15) is 10.2 Å². The van der Waals surface area contributed by atoms with Crippen LogP contribution in [0.4, 0.5) is 0 Å². The van der Waals surface area contributed by atoms with Crippen molar-refractivity contribution in [3.63, 3.8) is 0 Å². The topological polar surface area (TPSA) is 40.5 Å². The van der Waals surface area contributed by atoms with Gasteiger partial charge in [-0.2, -0.15) is 0 Å². The number of aliphatic hydroxyl groups is 2. The maximum atomic E-state index is 10.1. The molecule has 3 atom stereocenters. The first-order valence-corrected chi connectivity index (χ1v) is 6.71. The fourth-order valence-corrected chi connectivity index (χ4v) is 2.50. The van der Waals surface area contributed by atoms with E-state index in [0.29, 0.717) is 11.8 Å². The van der Waals surface area contributed by atoms with Gasteiger partial charge in [0.15, 0.2) is 0 Å². The molecule has 0 aliphatic rings. The third-order valence-corrected chi connectivity index (χ3v) is 3.27. The van der Waals surface area contributed by atoms with Crippen LogP contribution < -0.4 is 0 Å². The molecule has 0 saturated carbocycles. The highest BCUT2D eigenvalue weighted by molar-refractivity contribution is 4.77. The smallest absolute Gasteiger partial charge is 0.0569 e. The highest BCUT2D eigenvalue weighted by atomic mass is 16.3. The molecule has 0 heterocycles. The van der Waals surface area contributed by atoms with Gasteiger partial charge in [-0.25, -0.2) is 0 Å². The molecule has 0 bridgehead atoms. The van der Waals surface area contributed by atoms with Gasteiger partial charge in [-0.15, -0.1) is 0 Å². The van der Waals surface area contributed by atoms with Gasteiger partial charge in [-0.3, -0.25) is 0 Å². The summed E-state index contributed by atoms with van der Waals surface area (Å²) in [4.78, 5) is 0. The molecule has 0 saturated heterocycles. The van der Waals surface area contributed by atoms with E-state index in [1.165, 1.54) is 0 Å². The van der Waals surface area contributed by atoms with Crippen LogP contribution in [0.5, 0.6) is 0 Å². The van der Waals surface area contributed by atoms with E-state index in [1.54, 1.807) is 0 Å². The predicted octanol–water partition coefficient (Wildman–Crippen LogP) is 3.07. The van der Waals surface area contributed by atoms with Crippen molar-refractivity contribution in [1.82, 2.24) is 0 Å². The lowest BCUT2D eigenvalue weighted by Gasteiger charge is -2.32. The Balaban J connectivity index is 4.54. The molecule has 0 aliphatic heterocycles. The van der Waals surface area contributed by atoms with Gasteiger partial charge in [0.25, 0.3) is 0 Å². The first kappa shape index (κ1) is 15.9. The first-order valence-electron chi connectivity index (χ1n) is 6.71. The van der Waals surface area contributed by atoms with Crippen LogP contribution in [0.15, 0.2) is 0 Å². The molecule has 98 valence electrons. The maximum absolute atomic E-state index is 10.1. The van der Waals surface area contributed by atoms with Crippen molar-refractivity contribution >= 4 is 0 Å². The lowest BCUT2D eigenvalue weighted by molar-refractivity contribution is 0.0260. The van der Waals surface area contributed by atoms with Crippen LogP contribution in [-0.2, 0) is 0 Å². The number of hydrogen-bond donors (Lipinski definition) is 2. The zero-order valence-electron chi connectivity index (χ0n) is 11.6. The van der Waals surface area contributed by atoms with Crippen molar-refractivity contribution in [3.8, 4) is 0 Å². The van der Waals surface area contributed by atoms with E-state index in [2.05, 4.69) is 27.7 Å². The monoisotopic (exact) mass is 230 g/mol. The molecule has 2 nitrogen and oxygen atoms in total. The van der Waals surface area contributed by atoms with Crippen LogP contribution in [0.2, 0.25) is 0 Å². The largest absolute Gasteiger partial charge is 0.396 e. The van der Waals surface area contributed by atoms with E-state index in [0.717, 1.165) is 19.3 Å². The molecule has 0 fully saturated rings. The van der Waals surface area contributed by atoms with Crippen LogP contribution in [-0.4, -0.2) is 22.9 Å². The summed E-state index contributed by atoms with van der Waals surface area (Å²) in [5.74, 6) is 1.65. The summed E-state index contributed by atoms with van der Waals surface area (Å²) >= 11 is 0. The summed E-state index contributed by atoms with van der Waals surface area (Å²) < 4.78 is 0. The Kier molecular flexibility index (Phi) is 8.04. The molecule has 2 heteroatoms. The normalized spacial score (nSPS) is 17.8. The lowest BCUT2D eigenvalue weighted by atomic mass is 9.77. The zero-order valence-corrected chi connectivity index (χ0v) is 11.6. The third-order valence-electron chi connectivity index (χ3n) is 3.27. The highest BCUT2D eigenvalue weighted by Gasteiger charge is 2.28. The van der Waals surface area contributed by atoms with Crippen molar-refractivity contribution < 1.29 is 10.2 Å². The Bertz CT molecular complexity index is 166. The van der Waals surface area contributed by atoms with Gasteiger partial charge in [0, 0.05) is 6.61 Å². The second kappa shape index (κ2) is 8.08. The fourth-order valence-electron chi connectivity index (χ4n) is 2.50. The minimum absolute atomic E-state index is 0.201. The second-order valence-corrected chi connectivity index (χ2v) is 5.84. The molecule has 0 aromatic rings. The Morgan fingerprint density at radius 3 is 1.75 bits per heavy atom. The lowest BCUT2D eigenvalue weighted by Crippen LogP contribution is -2.32. The average molecular weight is 230 g/mol. The molecule has 0 aliphatic carbocycles. The van der Waals surface area contributed by atoms with Crippen molar-refractivity contribution in [3.05, 3.63) is 0 Å². The summed E-state index contributed by atoms with van der Waals surface area (Å²) in [5.41, 5.74) is 0. The molecule has 16 heavy (non-hydrogen) atoms. The van der Waals surface area contributed by atoms with Crippen LogP contribution >= 0.6 is 0 Å². The Labute approximate surface area is 101 Å². The molecule has 0 radical (unpaired) electrons. The standard InChI is InChI=1S/C14H30O2/c1-6-14(16)13(8-11(4)5)12(9-15)7-10(2)3/h10-16H,6-9H2,1-5H3. The average Bonchev–Trinajstić information content (AvgIpc) is 2.21. The molecule has 0 rings (SSSR count). The maximum Gasteiger partial charge on any atom is 0.0569 e. The van der Waals surface area contributed by atoms with Crippen LogP contribution in [0.1, 0.15) is 53.9 Å². The highest BCUT2D eigenvalue weighted by Crippen LogP contribution is 2.30. The van der Waals surface area contributed by atoms with E-state index in [1.807, 2.05) is 6.92 Å². The SMILES string of the molecule is CCC(O)C(CC(C)C)C(CO)CC(C)C. The second-order valence-electron chi connectivity index (χ2n) is 5.84. The van der Waals surface area contributed by atoms with Crippen molar-refractivity contribution in [1.29, 1.82) is 0 Å². The summed E-state index contributed by atoms with van der Waals surface area (Å²) in [6, 6.07) is 0. The molecular formula is C14H30O2. The van der Waals surface area contributed by atoms with Gasteiger partial charge in [0.1, 0.15) is 0 Å². The number of hydrogen-bond acceptors (Lipinski definition) is 2. The van der Waals surface area contributed by atoms with Gasteiger partial charge in [0.2, 0.25) is 0 Å². The van der Waals surface area contributed by atoms with Crippen LogP contribution in [0.25, 0.3) is 0 Å². The van der Waals surface area contributed by atoms with E-state index < -0.39 is 0 Å². The molecule has 0 aromatic heterocycles. The Morgan fingerprint density at radius 1 is 0.938 bits per heavy atom. The van der Waals surface area contributed by atoms with Gasteiger partial charge in [-0.05, 0) is 42.9 Å². The van der Waals surface area contributed by atoms with Crippen molar-refractivity contribution in [2.45, 2.75) is 60.0 Å². The first-order chi connectivity index (χ1) is 7.42. The summed E-state index contributed by atoms with van der Waals surface area (Å²) in [7, 11) is 0.